The van der Waals surface area contributed by atoms with Crippen LogP contribution in [0, 0.1) is 0 Å². The Labute approximate surface area is 153 Å². The second kappa shape index (κ2) is 5.63. The van der Waals surface area contributed by atoms with Gasteiger partial charge in [-0.2, -0.15) is 0 Å². The highest BCUT2D eigenvalue weighted by molar-refractivity contribution is 7.80. The Balaban J connectivity index is 1.82. The van der Waals surface area contributed by atoms with E-state index in [4.69, 9.17) is 17.0 Å². The zero-order valence-corrected chi connectivity index (χ0v) is 15.2. The minimum atomic E-state index is -0.590. The predicted molar refractivity (Wildman–Crippen MR) is 102 cm³/mol. The molecule has 3 N–H and O–H groups in total. The lowest BCUT2D eigenvalue weighted by Crippen LogP contribution is -2.69. The highest BCUT2D eigenvalue weighted by atomic mass is 32.1. The van der Waals surface area contributed by atoms with E-state index in [2.05, 4.69) is 48.7 Å². The number of thiocarbonyl (C=S) groups is 1. The van der Waals surface area contributed by atoms with Crippen molar-refractivity contribution in [2.45, 2.75) is 43.9 Å². The summed E-state index contributed by atoms with van der Waals surface area (Å²) in [5.74, 6) is 1.10. The van der Waals surface area contributed by atoms with Gasteiger partial charge in [-0.15, -0.1) is 0 Å². The molecule has 2 atom stereocenters. The summed E-state index contributed by atoms with van der Waals surface area (Å²) >= 11 is 5.44. The minimum absolute atomic E-state index is 0.169. The van der Waals surface area contributed by atoms with Gasteiger partial charge in [0.05, 0.1) is 0 Å². The average Bonchev–Trinajstić information content (AvgIpc) is 2.52. The van der Waals surface area contributed by atoms with Crippen LogP contribution < -0.4 is 15.4 Å². The minimum Gasteiger partial charge on any atom is -0.508 e. The second-order valence-corrected chi connectivity index (χ2v) is 8.03. The number of ether oxygens (including phenoxy) is 1. The van der Waals surface area contributed by atoms with Crippen molar-refractivity contribution in [3.05, 3.63) is 59.7 Å². The van der Waals surface area contributed by atoms with Crippen molar-refractivity contribution in [1.29, 1.82) is 0 Å². The fraction of sp³-hybridized carbons (Fsp3) is 0.350. The van der Waals surface area contributed by atoms with Gasteiger partial charge in [0.1, 0.15) is 11.5 Å². The maximum absolute atomic E-state index is 9.95. The molecular weight excluding hydrogens is 332 g/mol. The standard InChI is InChI=1S/C20H22N2O2S/c1-19(2)12-20(22-18(25)21-19)11-16(13-6-4-3-5-7-13)15-9-8-14(23)10-17(15)24-20/h3-10,16,23H,11-12H2,1-2H3,(H2,21,22,25)/t16-,20-/m1/s1. The van der Waals surface area contributed by atoms with Gasteiger partial charge in [-0.05, 0) is 37.7 Å². The first-order chi connectivity index (χ1) is 11.9. The van der Waals surface area contributed by atoms with Crippen molar-refractivity contribution in [3.8, 4) is 11.5 Å². The van der Waals surface area contributed by atoms with Crippen LogP contribution in [0.4, 0.5) is 0 Å². The fourth-order valence-corrected chi connectivity index (χ4v) is 4.57. The van der Waals surface area contributed by atoms with E-state index in [0.717, 1.165) is 18.4 Å². The van der Waals surface area contributed by atoms with Crippen LogP contribution in [0.5, 0.6) is 11.5 Å². The normalized spacial score (nSPS) is 27.0. The number of hydrogen-bond donors (Lipinski definition) is 3. The first-order valence-corrected chi connectivity index (χ1v) is 8.94. The topological polar surface area (TPSA) is 53.5 Å². The summed E-state index contributed by atoms with van der Waals surface area (Å²) in [6.07, 6.45) is 1.54. The first kappa shape index (κ1) is 16.2. The quantitative estimate of drug-likeness (QED) is 0.683. The fourth-order valence-electron chi connectivity index (χ4n) is 4.11. The molecule has 0 aliphatic carbocycles. The van der Waals surface area contributed by atoms with Crippen LogP contribution in [0.3, 0.4) is 0 Å². The number of hydrogen-bond acceptors (Lipinski definition) is 3. The largest absolute Gasteiger partial charge is 0.508 e. The van der Waals surface area contributed by atoms with E-state index in [-0.39, 0.29) is 17.2 Å². The van der Waals surface area contributed by atoms with Gasteiger partial charge >= 0.3 is 0 Å². The molecule has 4 nitrogen and oxygen atoms in total. The van der Waals surface area contributed by atoms with E-state index >= 15 is 0 Å². The van der Waals surface area contributed by atoms with Gasteiger partial charge in [-0.1, -0.05) is 36.4 Å². The van der Waals surface area contributed by atoms with E-state index < -0.39 is 5.72 Å². The van der Waals surface area contributed by atoms with E-state index in [1.807, 2.05) is 12.1 Å². The van der Waals surface area contributed by atoms with Crippen LogP contribution in [0.15, 0.2) is 48.5 Å². The third-order valence-electron chi connectivity index (χ3n) is 4.93. The summed E-state index contributed by atoms with van der Waals surface area (Å²) in [5.41, 5.74) is 1.57. The lowest BCUT2D eigenvalue weighted by atomic mass is 9.77. The molecule has 0 radical (unpaired) electrons. The molecule has 1 spiro atoms. The van der Waals surface area contributed by atoms with E-state index in [1.54, 1.807) is 12.1 Å². The maximum atomic E-state index is 9.95. The van der Waals surface area contributed by atoms with Gasteiger partial charge in [0, 0.05) is 35.9 Å². The summed E-state index contributed by atoms with van der Waals surface area (Å²) in [7, 11) is 0. The van der Waals surface area contributed by atoms with Crippen molar-refractivity contribution in [2.75, 3.05) is 0 Å². The SMILES string of the molecule is CC1(C)C[C@]2(C[C@H](c3ccccc3)c3ccc(O)cc3O2)NC(=S)N1. The molecule has 2 heterocycles. The molecule has 2 aliphatic rings. The zero-order valence-electron chi connectivity index (χ0n) is 14.4. The molecule has 5 heteroatoms. The van der Waals surface area contributed by atoms with Gasteiger partial charge < -0.3 is 20.5 Å². The molecule has 2 aromatic rings. The number of rotatable bonds is 1. The summed E-state index contributed by atoms with van der Waals surface area (Å²) in [5, 5.41) is 17.2. The third-order valence-corrected chi connectivity index (χ3v) is 5.14. The number of aromatic hydroxyl groups is 1. The van der Waals surface area contributed by atoms with Gasteiger partial charge in [0.25, 0.3) is 0 Å². The molecule has 2 aliphatic heterocycles. The maximum Gasteiger partial charge on any atom is 0.185 e. The molecule has 0 bridgehead atoms. The van der Waals surface area contributed by atoms with Gasteiger partial charge in [0.2, 0.25) is 0 Å². The van der Waals surface area contributed by atoms with Crippen LogP contribution in [-0.4, -0.2) is 21.5 Å². The van der Waals surface area contributed by atoms with Gasteiger partial charge in [-0.25, -0.2) is 0 Å². The van der Waals surface area contributed by atoms with Crippen LogP contribution in [-0.2, 0) is 0 Å². The third kappa shape index (κ3) is 3.04. The predicted octanol–water partition coefficient (Wildman–Crippen LogP) is 3.65. The van der Waals surface area contributed by atoms with Gasteiger partial charge in [-0.3, -0.25) is 0 Å². The summed E-state index contributed by atoms with van der Waals surface area (Å²) in [6, 6.07) is 15.8. The Morgan fingerprint density at radius 1 is 1.12 bits per heavy atom. The lowest BCUT2D eigenvalue weighted by molar-refractivity contribution is -0.0128. The Hall–Kier alpha value is -2.27. The zero-order chi connectivity index (χ0) is 17.7. The molecule has 0 aromatic heterocycles. The number of fused-ring (bicyclic) bond motifs is 1. The molecule has 2 aromatic carbocycles. The monoisotopic (exact) mass is 354 g/mol. The van der Waals surface area contributed by atoms with Crippen molar-refractivity contribution in [2.24, 2.45) is 0 Å². The Kier molecular flexibility index (Phi) is 3.65. The highest BCUT2D eigenvalue weighted by Gasteiger charge is 2.48. The Bertz CT molecular complexity index is 822. The van der Waals surface area contributed by atoms with Crippen LogP contribution in [0.25, 0.3) is 0 Å². The van der Waals surface area contributed by atoms with Crippen LogP contribution >= 0.6 is 12.2 Å². The van der Waals surface area contributed by atoms with Crippen molar-refractivity contribution >= 4 is 17.3 Å². The summed E-state index contributed by atoms with van der Waals surface area (Å²) < 4.78 is 6.40. The number of phenols is 1. The molecule has 0 amide bonds. The molecule has 25 heavy (non-hydrogen) atoms. The van der Waals surface area contributed by atoms with E-state index in [1.165, 1.54) is 5.56 Å². The molecule has 0 saturated carbocycles. The highest BCUT2D eigenvalue weighted by Crippen LogP contribution is 2.47. The lowest BCUT2D eigenvalue weighted by Gasteiger charge is -2.50. The summed E-state index contributed by atoms with van der Waals surface area (Å²) in [6.45, 7) is 4.25. The molecule has 0 unspecified atom stereocenters. The Morgan fingerprint density at radius 3 is 2.60 bits per heavy atom. The molecular formula is C20H22N2O2S. The molecule has 130 valence electrons. The number of phenolic OH excluding ortho intramolecular Hbond substituents is 1. The molecule has 4 rings (SSSR count). The van der Waals surface area contributed by atoms with E-state index in [0.29, 0.717) is 10.9 Å². The number of benzene rings is 2. The van der Waals surface area contributed by atoms with Crippen molar-refractivity contribution < 1.29 is 9.84 Å². The van der Waals surface area contributed by atoms with Crippen molar-refractivity contribution in [3.63, 3.8) is 0 Å². The second-order valence-electron chi connectivity index (χ2n) is 7.63. The number of nitrogens with one attached hydrogen (secondary N) is 2. The van der Waals surface area contributed by atoms with E-state index in [9.17, 15) is 5.11 Å². The van der Waals surface area contributed by atoms with Crippen LogP contribution in [0.1, 0.15) is 43.7 Å². The molecule has 1 saturated heterocycles. The first-order valence-electron chi connectivity index (χ1n) is 8.53. The molecule has 1 fully saturated rings. The van der Waals surface area contributed by atoms with Crippen LogP contribution in [0.2, 0.25) is 0 Å². The van der Waals surface area contributed by atoms with Gasteiger partial charge in [0.15, 0.2) is 10.8 Å². The summed E-state index contributed by atoms with van der Waals surface area (Å²) in [4.78, 5) is 0. The van der Waals surface area contributed by atoms with Crippen molar-refractivity contribution in [1.82, 2.24) is 10.6 Å². The smallest absolute Gasteiger partial charge is 0.185 e. The average molecular weight is 354 g/mol. The Morgan fingerprint density at radius 2 is 1.88 bits per heavy atom.